The van der Waals surface area contributed by atoms with Crippen molar-refractivity contribution >= 4 is 33.5 Å². The average molecular weight is 526 g/mol. The van der Waals surface area contributed by atoms with Gasteiger partial charge in [-0.15, -0.1) is 10.2 Å². The summed E-state index contributed by atoms with van der Waals surface area (Å²) in [5.74, 6) is 2.55. The molecule has 5 aromatic rings. The van der Waals surface area contributed by atoms with Gasteiger partial charge in [-0.2, -0.15) is 15.1 Å². The third-order valence-electron chi connectivity index (χ3n) is 6.83. The Morgan fingerprint density at radius 2 is 1.97 bits per heavy atom. The quantitative estimate of drug-likeness (QED) is 0.319. The number of H-pyrrole nitrogens is 1. The number of aromatic nitrogens is 7. The molecule has 1 N–H and O–H groups in total. The lowest BCUT2D eigenvalue weighted by atomic mass is 10.1. The first-order chi connectivity index (χ1) is 19.0. The molecule has 0 aliphatic carbocycles. The lowest BCUT2D eigenvalue weighted by Crippen LogP contribution is -2.48. The van der Waals surface area contributed by atoms with Crippen molar-refractivity contribution in [2.75, 3.05) is 31.1 Å². The summed E-state index contributed by atoms with van der Waals surface area (Å²) in [5, 5.41) is 16.9. The lowest BCUT2D eigenvalue weighted by molar-refractivity contribution is -0.126. The number of carbonyl (C=O) groups is 1. The van der Waals surface area contributed by atoms with Gasteiger partial charge < -0.3 is 23.8 Å². The predicted octanol–water partition coefficient (Wildman–Crippen LogP) is 3.15. The van der Waals surface area contributed by atoms with E-state index in [4.69, 9.17) is 19.4 Å². The zero-order valence-electron chi connectivity index (χ0n) is 21.7. The minimum Gasteiger partial charge on any atom is -0.455 e. The molecule has 12 heteroatoms. The number of ether oxygens (including phenoxy) is 2. The number of aromatic amines is 1. The Hall–Kier alpha value is -5.00. The molecule has 2 aromatic carbocycles. The van der Waals surface area contributed by atoms with Gasteiger partial charge in [0.15, 0.2) is 18.2 Å². The molecule has 1 aliphatic heterocycles. The number of aryl methyl sites for hydroxylation is 2. The SMILES string of the molecule is C=CC(=O)N1CCN(c2nc(OCc3nncn3C)nc3c(Oc4c(C)ccc5[nH]ncc45)cccc23)CC1. The van der Waals surface area contributed by atoms with Crippen LogP contribution in [0.3, 0.4) is 0 Å². The standard InChI is InChI=1S/C27H27N9O3/c1-4-23(37)35-10-12-36(13-11-35)26-18-6-5-7-21(39-25-17(2)8-9-20-19(25)14-28-32-20)24(18)30-27(31-26)38-15-22-33-29-16-34(22)3/h4-9,14,16H,1,10-13,15H2,2-3H3,(H,28,32). The number of para-hydroxylation sites is 1. The summed E-state index contributed by atoms with van der Waals surface area (Å²) in [7, 11) is 1.85. The molecule has 0 saturated carbocycles. The number of anilines is 1. The molecule has 39 heavy (non-hydrogen) atoms. The van der Waals surface area contributed by atoms with Crippen molar-refractivity contribution < 1.29 is 14.3 Å². The Balaban J connectivity index is 1.41. The van der Waals surface area contributed by atoms with Crippen LogP contribution in [0.2, 0.25) is 0 Å². The molecule has 1 saturated heterocycles. The van der Waals surface area contributed by atoms with E-state index in [1.165, 1.54) is 6.08 Å². The topological polar surface area (TPSA) is 127 Å². The van der Waals surface area contributed by atoms with Crippen LogP contribution in [0.1, 0.15) is 11.4 Å². The Labute approximate surface area is 223 Å². The van der Waals surface area contributed by atoms with Gasteiger partial charge in [-0.05, 0) is 36.8 Å². The van der Waals surface area contributed by atoms with E-state index in [0.29, 0.717) is 54.8 Å². The van der Waals surface area contributed by atoms with Crippen molar-refractivity contribution in [2.45, 2.75) is 13.5 Å². The number of piperazine rings is 1. The van der Waals surface area contributed by atoms with Crippen LogP contribution in [-0.4, -0.2) is 71.9 Å². The third kappa shape index (κ3) is 4.60. The van der Waals surface area contributed by atoms with Gasteiger partial charge in [0.1, 0.15) is 23.4 Å². The van der Waals surface area contributed by atoms with Crippen LogP contribution < -0.4 is 14.4 Å². The van der Waals surface area contributed by atoms with Crippen LogP contribution >= 0.6 is 0 Å². The van der Waals surface area contributed by atoms with Crippen LogP contribution in [0.25, 0.3) is 21.8 Å². The van der Waals surface area contributed by atoms with Crippen molar-refractivity contribution in [1.29, 1.82) is 0 Å². The number of hydrogen-bond acceptors (Lipinski definition) is 9. The molecule has 0 bridgehead atoms. The molecular formula is C27H27N9O3. The van der Waals surface area contributed by atoms with Crippen LogP contribution in [0.15, 0.2) is 55.5 Å². The molecule has 12 nitrogen and oxygen atoms in total. The molecule has 0 unspecified atom stereocenters. The van der Waals surface area contributed by atoms with E-state index < -0.39 is 0 Å². The van der Waals surface area contributed by atoms with Crippen LogP contribution in [0.4, 0.5) is 5.82 Å². The number of nitrogens with zero attached hydrogens (tertiary/aromatic N) is 8. The fraction of sp³-hybridized carbons (Fsp3) is 0.259. The van der Waals surface area contributed by atoms with E-state index in [1.54, 1.807) is 22.0 Å². The van der Waals surface area contributed by atoms with Crippen molar-refractivity contribution in [3.63, 3.8) is 0 Å². The number of fused-ring (bicyclic) bond motifs is 2. The summed E-state index contributed by atoms with van der Waals surface area (Å²) in [4.78, 5) is 25.6. The monoisotopic (exact) mass is 525 g/mol. The number of nitrogens with one attached hydrogen (secondary N) is 1. The summed E-state index contributed by atoms with van der Waals surface area (Å²) in [5.41, 5.74) is 2.46. The molecule has 1 fully saturated rings. The van der Waals surface area contributed by atoms with Gasteiger partial charge in [-0.1, -0.05) is 18.7 Å². The van der Waals surface area contributed by atoms with E-state index in [0.717, 1.165) is 21.9 Å². The van der Waals surface area contributed by atoms with E-state index in [2.05, 4.69) is 31.9 Å². The summed E-state index contributed by atoms with van der Waals surface area (Å²) in [6.45, 7) is 8.08. The zero-order valence-corrected chi connectivity index (χ0v) is 21.7. The van der Waals surface area contributed by atoms with Gasteiger partial charge in [-0.25, -0.2) is 0 Å². The number of amides is 1. The largest absolute Gasteiger partial charge is 0.455 e. The number of benzene rings is 2. The first-order valence-corrected chi connectivity index (χ1v) is 12.5. The van der Waals surface area contributed by atoms with Gasteiger partial charge in [0.2, 0.25) is 5.91 Å². The summed E-state index contributed by atoms with van der Waals surface area (Å²) in [6, 6.07) is 9.93. The second-order valence-electron chi connectivity index (χ2n) is 9.29. The van der Waals surface area contributed by atoms with Gasteiger partial charge in [-0.3, -0.25) is 9.89 Å². The van der Waals surface area contributed by atoms with Crippen molar-refractivity contribution in [3.8, 4) is 17.5 Å². The Kier molecular flexibility index (Phi) is 6.27. The van der Waals surface area contributed by atoms with E-state index in [-0.39, 0.29) is 18.5 Å². The first kappa shape index (κ1) is 24.3. The van der Waals surface area contributed by atoms with Crippen LogP contribution in [0.5, 0.6) is 17.5 Å². The van der Waals surface area contributed by atoms with E-state index >= 15 is 0 Å². The second kappa shape index (κ2) is 10.0. The average Bonchev–Trinajstić information content (AvgIpc) is 3.61. The highest BCUT2D eigenvalue weighted by Crippen LogP contribution is 2.38. The molecule has 0 radical (unpaired) electrons. The van der Waals surface area contributed by atoms with Gasteiger partial charge >= 0.3 is 6.01 Å². The molecule has 0 atom stereocenters. The number of hydrogen-bond donors (Lipinski definition) is 1. The summed E-state index contributed by atoms with van der Waals surface area (Å²) >= 11 is 0. The third-order valence-corrected chi connectivity index (χ3v) is 6.83. The molecule has 3 aromatic heterocycles. The Morgan fingerprint density at radius 3 is 2.74 bits per heavy atom. The summed E-state index contributed by atoms with van der Waals surface area (Å²) in [6.07, 6.45) is 4.71. The predicted molar refractivity (Wildman–Crippen MR) is 145 cm³/mol. The molecular weight excluding hydrogens is 498 g/mol. The molecule has 6 rings (SSSR count). The molecule has 4 heterocycles. The Morgan fingerprint density at radius 1 is 1.13 bits per heavy atom. The maximum absolute atomic E-state index is 12.1. The van der Waals surface area contributed by atoms with Crippen LogP contribution in [-0.2, 0) is 18.4 Å². The van der Waals surface area contributed by atoms with Crippen molar-refractivity contribution in [2.24, 2.45) is 7.05 Å². The van der Waals surface area contributed by atoms with Gasteiger partial charge in [0.25, 0.3) is 0 Å². The minimum atomic E-state index is -0.0747. The molecule has 0 spiro atoms. The molecule has 1 aliphatic rings. The molecule has 1 amide bonds. The first-order valence-electron chi connectivity index (χ1n) is 12.5. The van der Waals surface area contributed by atoms with Crippen molar-refractivity contribution in [3.05, 3.63) is 66.9 Å². The lowest BCUT2D eigenvalue weighted by Gasteiger charge is -2.35. The van der Waals surface area contributed by atoms with Crippen LogP contribution in [0, 0.1) is 6.92 Å². The number of carbonyl (C=O) groups excluding carboxylic acids is 1. The Bertz CT molecular complexity index is 1680. The fourth-order valence-corrected chi connectivity index (χ4v) is 4.66. The highest BCUT2D eigenvalue weighted by atomic mass is 16.5. The molecule has 198 valence electrons. The highest BCUT2D eigenvalue weighted by Gasteiger charge is 2.24. The minimum absolute atomic E-state index is 0.0747. The maximum Gasteiger partial charge on any atom is 0.319 e. The van der Waals surface area contributed by atoms with E-state index in [9.17, 15) is 4.79 Å². The summed E-state index contributed by atoms with van der Waals surface area (Å²) < 4.78 is 14.3. The van der Waals surface area contributed by atoms with E-state index in [1.807, 2.05) is 44.3 Å². The highest BCUT2D eigenvalue weighted by molar-refractivity contribution is 5.95. The van der Waals surface area contributed by atoms with Crippen molar-refractivity contribution in [1.82, 2.24) is 39.8 Å². The maximum atomic E-state index is 12.1. The number of rotatable bonds is 7. The normalized spacial score (nSPS) is 13.7. The second-order valence-corrected chi connectivity index (χ2v) is 9.29. The fourth-order valence-electron chi connectivity index (χ4n) is 4.66. The zero-order chi connectivity index (χ0) is 26.9. The van der Waals surface area contributed by atoms with Gasteiger partial charge in [0.05, 0.1) is 17.1 Å². The van der Waals surface area contributed by atoms with Gasteiger partial charge in [0, 0.05) is 38.6 Å². The smallest absolute Gasteiger partial charge is 0.319 e.